The van der Waals surface area contributed by atoms with Crippen LogP contribution in [0.3, 0.4) is 0 Å². The van der Waals surface area contributed by atoms with Gasteiger partial charge in [-0.15, -0.1) is 0 Å². The van der Waals surface area contributed by atoms with Gasteiger partial charge in [0.25, 0.3) is 10.2 Å². The third-order valence-electron chi connectivity index (χ3n) is 4.79. The normalized spacial score (nSPS) is 20.0. The number of nitrogens with one attached hydrogen (secondary N) is 1. The Labute approximate surface area is 156 Å². The van der Waals surface area contributed by atoms with Crippen molar-refractivity contribution in [2.75, 3.05) is 34.3 Å². The topological polar surface area (TPSA) is 79.0 Å². The number of rotatable bonds is 7. The predicted molar refractivity (Wildman–Crippen MR) is 101 cm³/mol. The van der Waals surface area contributed by atoms with Crippen molar-refractivity contribution in [1.29, 1.82) is 0 Å². The molecule has 26 heavy (non-hydrogen) atoms. The van der Waals surface area contributed by atoms with Crippen LogP contribution in [0.15, 0.2) is 24.3 Å². The molecule has 2 atom stereocenters. The van der Waals surface area contributed by atoms with E-state index in [1.54, 1.807) is 7.11 Å². The van der Waals surface area contributed by atoms with Crippen LogP contribution in [0.25, 0.3) is 0 Å². The van der Waals surface area contributed by atoms with E-state index < -0.39 is 10.2 Å². The largest absolute Gasteiger partial charge is 0.497 e. The molecular formula is C18H29N3O4S. The summed E-state index contributed by atoms with van der Waals surface area (Å²) in [7, 11) is 1.15. The summed E-state index contributed by atoms with van der Waals surface area (Å²) in [5, 5.41) is 3.08. The lowest BCUT2D eigenvalue weighted by molar-refractivity contribution is -0.126. The fraction of sp³-hybridized carbons (Fsp3) is 0.611. The number of piperidine rings is 1. The molecule has 1 amide bonds. The Bertz CT molecular complexity index is 704. The molecule has 1 heterocycles. The third kappa shape index (κ3) is 4.75. The lowest BCUT2D eigenvalue weighted by atomic mass is 9.97. The van der Waals surface area contributed by atoms with Gasteiger partial charge in [0.15, 0.2) is 0 Å². The molecule has 1 aliphatic rings. The summed E-state index contributed by atoms with van der Waals surface area (Å²) in [6.07, 6.45) is 2.14. The van der Waals surface area contributed by atoms with Crippen LogP contribution in [-0.4, -0.2) is 57.2 Å². The van der Waals surface area contributed by atoms with Crippen molar-refractivity contribution in [3.63, 3.8) is 0 Å². The van der Waals surface area contributed by atoms with Gasteiger partial charge in [0.2, 0.25) is 5.91 Å². The second-order valence-electron chi connectivity index (χ2n) is 6.73. The SMILES string of the molecule is CC[C@H](NC(=O)[C@H]1CCCN(S(=O)(=O)N(C)C)C1)c1ccc(OC)cc1. The van der Waals surface area contributed by atoms with E-state index in [1.807, 2.05) is 31.2 Å². The van der Waals surface area contributed by atoms with Crippen LogP contribution in [0.1, 0.15) is 37.8 Å². The van der Waals surface area contributed by atoms with Crippen LogP contribution in [0.2, 0.25) is 0 Å². The second-order valence-corrected chi connectivity index (χ2v) is 8.87. The van der Waals surface area contributed by atoms with Gasteiger partial charge in [-0.2, -0.15) is 17.0 Å². The molecule has 0 spiro atoms. The van der Waals surface area contributed by atoms with Crippen molar-refractivity contribution in [1.82, 2.24) is 13.9 Å². The summed E-state index contributed by atoms with van der Waals surface area (Å²) in [5.74, 6) is 0.351. The Morgan fingerprint density at radius 1 is 1.35 bits per heavy atom. The van der Waals surface area contributed by atoms with Crippen molar-refractivity contribution in [3.05, 3.63) is 29.8 Å². The minimum absolute atomic E-state index is 0.0914. The molecule has 0 radical (unpaired) electrons. The fourth-order valence-corrected chi connectivity index (χ4v) is 4.33. The zero-order chi connectivity index (χ0) is 19.3. The molecule has 0 bridgehead atoms. The maximum atomic E-state index is 12.7. The van der Waals surface area contributed by atoms with Crippen molar-refractivity contribution < 1.29 is 17.9 Å². The molecular weight excluding hydrogens is 354 g/mol. The number of carbonyl (C=O) groups excluding carboxylic acids is 1. The Balaban J connectivity index is 2.04. The van der Waals surface area contributed by atoms with Gasteiger partial charge in [0.05, 0.1) is 19.1 Å². The molecule has 146 valence electrons. The highest BCUT2D eigenvalue weighted by Gasteiger charge is 2.34. The lowest BCUT2D eigenvalue weighted by Gasteiger charge is -2.33. The first kappa shape index (κ1) is 20.7. The van der Waals surface area contributed by atoms with Gasteiger partial charge >= 0.3 is 0 Å². The van der Waals surface area contributed by atoms with E-state index in [1.165, 1.54) is 22.7 Å². The Morgan fingerprint density at radius 3 is 2.54 bits per heavy atom. The van der Waals surface area contributed by atoms with Gasteiger partial charge in [-0.05, 0) is 37.0 Å². The predicted octanol–water partition coefficient (Wildman–Crippen LogP) is 1.78. The molecule has 0 unspecified atom stereocenters. The first-order chi connectivity index (χ1) is 12.3. The Morgan fingerprint density at radius 2 is 2.00 bits per heavy atom. The van der Waals surface area contributed by atoms with Gasteiger partial charge in [-0.25, -0.2) is 0 Å². The molecule has 2 rings (SSSR count). The summed E-state index contributed by atoms with van der Waals surface area (Å²) in [4.78, 5) is 12.7. The van der Waals surface area contributed by atoms with Crippen molar-refractivity contribution >= 4 is 16.1 Å². The van der Waals surface area contributed by atoms with Crippen LogP contribution >= 0.6 is 0 Å². The maximum Gasteiger partial charge on any atom is 0.281 e. The minimum Gasteiger partial charge on any atom is -0.497 e. The molecule has 0 aliphatic carbocycles. The summed E-state index contributed by atoms with van der Waals surface area (Å²) in [6, 6.07) is 7.52. The number of hydrogen-bond donors (Lipinski definition) is 1. The fourth-order valence-electron chi connectivity index (χ4n) is 3.14. The second kappa shape index (κ2) is 8.83. The average molecular weight is 384 g/mol. The minimum atomic E-state index is -3.49. The Kier molecular flexibility index (Phi) is 7.02. The van der Waals surface area contributed by atoms with E-state index in [-0.39, 0.29) is 24.4 Å². The molecule has 8 heteroatoms. The first-order valence-electron chi connectivity index (χ1n) is 8.91. The molecule has 1 saturated heterocycles. The van der Waals surface area contributed by atoms with E-state index in [0.717, 1.165) is 17.7 Å². The van der Waals surface area contributed by atoms with E-state index in [9.17, 15) is 13.2 Å². The third-order valence-corrected chi connectivity index (χ3v) is 6.69. The van der Waals surface area contributed by atoms with Crippen LogP contribution in [0, 0.1) is 5.92 Å². The summed E-state index contributed by atoms with van der Waals surface area (Å²) >= 11 is 0. The van der Waals surface area contributed by atoms with Crippen LogP contribution in [0.4, 0.5) is 0 Å². The number of nitrogens with zero attached hydrogens (tertiary/aromatic N) is 2. The standard InChI is InChI=1S/C18H29N3O4S/c1-5-17(14-8-10-16(25-4)11-9-14)19-18(22)15-7-6-12-21(13-15)26(23,24)20(2)3/h8-11,15,17H,5-7,12-13H2,1-4H3,(H,19,22)/t15-,17-/m0/s1. The molecule has 0 saturated carbocycles. The van der Waals surface area contributed by atoms with Crippen molar-refractivity contribution in [3.8, 4) is 5.75 Å². The van der Waals surface area contributed by atoms with Crippen LogP contribution in [0.5, 0.6) is 5.75 Å². The monoisotopic (exact) mass is 383 g/mol. The molecule has 1 N–H and O–H groups in total. The lowest BCUT2D eigenvalue weighted by Crippen LogP contribution is -2.49. The summed E-state index contributed by atoms with van der Waals surface area (Å²) in [6.45, 7) is 2.70. The summed E-state index contributed by atoms with van der Waals surface area (Å²) in [5.41, 5.74) is 1.01. The maximum absolute atomic E-state index is 12.7. The van der Waals surface area contributed by atoms with Gasteiger partial charge in [0, 0.05) is 27.2 Å². The number of ether oxygens (including phenoxy) is 1. The van der Waals surface area contributed by atoms with E-state index >= 15 is 0 Å². The summed E-state index contributed by atoms with van der Waals surface area (Å²) < 4.78 is 32.4. The average Bonchev–Trinajstić information content (AvgIpc) is 2.66. The molecule has 7 nitrogen and oxygen atoms in total. The molecule has 1 aromatic rings. The number of benzene rings is 1. The molecule has 1 fully saturated rings. The van der Waals surface area contributed by atoms with Crippen LogP contribution in [-0.2, 0) is 15.0 Å². The number of carbonyl (C=O) groups is 1. The van der Waals surface area contributed by atoms with Gasteiger partial charge in [-0.3, -0.25) is 4.79 Å². The first-order valence-corrected chi connectivity index (χ1v) is 10.3. The smallest absolute Gasteiger partial charge is 0.281 e. The van der Waals surface area contributed by atoms with Crippen molar-refractivity contribution in [2.24, 2.45) is 5.92 Å². The molecule has 1 aliphatic heterocycles. The van der Waals surface area contributed by atoms with Crippen LogP contribution < -0.4 is 10.1 Å². The number of amides is 1. The highest BCUT2D eigenvalue weighted by atomic mass is 32.2. The van der Waals surface area contributed by atoms with Gasteiger partial charge < -0.3 is 10.1 Å². The van der Waals surface area contributed by atoms with Crippen molar-refractivity contribution in [2.45, 2.75) is 32.2 Å². The van der Waals surface area contributed by atoms with Gasteiger partial charge in [-0.1, -0.05) is 19.1 Å². The molecule has 0 aromatic heterocycles. The quantitative estimate of drug-likeness (QED) is 0.778. The van der Waals surface area contributed by atoms with E-state index in [2.05, 4.69) is 5.32 Å². The number of hydrogen-bond acceptors (Lipinski definition) is 4. The zero-order valence-corrected chi connectivity index (χ0v) is 16.8. The van der Waals surface area contributed by atoms with E-state index in [0.29, 0.717) is 19.4 Å². The zero-order valence-electron chi connectivity index (χ0n) is 15.9. The van der Waals surface area contributed by atoms with E-state index in [4.69, 9.17) is 4.74 Å². The highest BCUT2D eigenvalue weighted by molar-refractivity contribution is 7.86. The highest BCUT2D eigenvalue weighted by Crippen LogP contribution is 2.24. The Hall–Kier alpha value is -1.64. The van der Waals surface area contributed by atoms with Gasteiger partial charge in [0.1, 0.15) is 5.75 Å². The number of methoxy groups -OCH3 is 1. The molecule has 1 aromatic carbocycles.